The summed E-state index contributed by atoms with van der Waals surface area (Å²) in [6.45, 7) is 5.68. The normalized spacial score (nSPS) is 48.5. The van der Waals surface area contributed by atoms with Crippen molar-refractivity contribution in [3.63, 3.8) is 0 Å². The van der Waals surface area contributed by atoms with Crippen LogP contribution in [-0.4, -0.2) is 31.7 Å². The molecule has 70 valence electrons. The number of hydrogen-bond acceptors (Lipinski definition) is 3. The third-order valence-corrected chi connectivity index (χ3v) is 2.51. The Kier molecular flexibility index (Phi) is 2.35. The quantitative estimate of drug-likeness (QED) is 0.549. The Morgan fingerprint density at radius 3 is 2.67 bits per heavy atom. The van der Waals surface area contributed by atoms with E-state index in [1.165, 1.54) is 0 Å². The lowest BCUT2D eigenvalue weighted by Gasteiger charge is -2.40. The fourth-order valence-corrected chi connectivity index (χ4v) is 1.83. The molecule has 12 heavy (non-hydrogen) atoms. The van der Waals surface area contributed by atoms with Crippen LogP contribution in [-0.2, 0) is 14.2 Å². The minimum atomic E-state index is -0.0554. The topological polar surface area (TPSA) is 27.7 Å². The lowest BCUT2D eigenvalue weighted by Crippen LogP contribution is -2.48. The van der Waals surface area contributed by atoms with Crippen molar-refractivity contribution in [2.24, 2.45) is 5.92 Å². The molecule has 0 aromatic heterocycles. The Balaban J connectivity index is 1.94. The second kappa shape index (κ2) is 3.32. The van der Waals surface area contributed by atoms with E-state index in [9.17, 15) is 0 Å². The van der Waals surface area contributed by atoms with E-state index in [4.69, 9.17) is 14.2 Å². The average molecular weight is 172 g/mol. The SMILES string of the molecule is CC1OC[C@H]2OC[C@H](C)C[C@H]2O1. The maximum absolute atomic E-state index is 5.61. The first kappa shape index (κ1) is 8.48. The standard InChI is InChI=1S/C9H16O3/c1-6-3-8-9(11-4-6)5-10-7(2)12-8/h6-9H,3-5H2,1-2H3/t6-,7?,8-,9-/m1/s1. The Bertz CT molecular complexity index is 144. The van der Waals surface area contributed by atoms with Crippen LogP contribution in [0.1, 0.15) is 20.3 Å². The number of rotatable bonds is 0. The van der Waals surface area contributed by atoms with Gasteiger partial charge in [0.1, 0.15) is 6.10 Å². The highest BCUT2D eigenvalue weighted by atomic mass is 16.7. The zero-order chi connectivity index (χ0) is 8.55. The predicted molar refractivity (Wildman–Crippen MR) is 43.8 cm³/mol. The molecule has 0 radical (unpaired) electrons. The van der Waals surface area contributed by atoms with Crippen molar-refractivity contribution in [2.75, 3.05) is 13.2 Å². The summed E-state index contributed by atoms with van der Waals surface area (Å²) in [5.74, 6) is 0.622. The summed E-state index contributed by atoms with van der Waals surface area (Å²) in [6, 6.07) is 0. The summed E-state index contributed by atoms with van der Waals surface area (Å²) in [7, 11) is 0. The van der Waals surface area contributed by atoms with Gasteiger partial charge in [-0.05, 0) is 19.3 Å². The summed E-state index contributed by atoms with van der Waals surface area (Å²) in [5, 5.41) is 0. The van der Waals surface area contributed by atoms with Gasteiger partial charge in [-0.2, -0.15) is 0 Å². The molecule has 2 heterocycles. The van der Waals surface area contributed by atoms with Crippen LogP contribution in [0.3, 0.4) is 0 Å². The first-order valence-electron chi connectivity index (χ1n) is 4.64. The van der Waals surface area contributed by atoms with E-state index in [0.717, 1.165) is 13.0 Å². The summed E-state index contributed by atoms with van der Waals surface area (Å²) in [5.41, 5.74) is 0. The second-order valence-electron chi connectivity index (χ2n) is 3.79. The summed E-state index contributed by atoms with van der Waals surface area (Å²) >= 11 is 0. The van der Waals surface area contributed by atoms with E-state index >= 15 is 0 Å². The van der Waals surface area contributed by atoms with Gasteiger partial charge >= 0.3 is 0 Å². The molecule has 0 aromatic carbocycles. The molecule has 2 saturated heterocycles. The van der Waals surface area contributed by atoms with E-state index in [2.05, 4.69) is 6.92 Å². The van der Waals surface area contributed by atoms with Crippen molar-refractivity contribution in [1.82, 2.24) is 0 Å². The molecule has 3 nitrogen and oxygen atoms in total. The van der Waals surface area contributed by atoms with Gasteiger partial charge in [0.25, 0.3) is 0 Å². The molecule has 2 fully saturated rings. The van der Waals surface area contributed by atoms with Crippen molar-refractivity contribution in [2.45, 2.75) is 38.8 Å². The van der Waals surface area contributed by atoms with Gasteiger partial charge in [0.15, 0.2) is 6.29 Å². The van der Waals surface area contributed by atoms with E-state index in [1.54, 1.807) is 0 Å². The number of hydrogen-bond donors (Lipinski definition) is 0. The van der Waals surface area contributed by atoms with Crippen molar-refractivity contribution >= 4 is 0 Å². The predicted octanol–water partition coefficient (Wildman–Crippen LogP) is 1.17. The molecular weight excluding hydrogens is 156 g/mol. The van der Waals surface area contributed by atoms with Gasteiger partial charge in [0.05, 0.1) is 12.7 Å². The van der Waals surface area contributed by atoms with Crippen molar-refractivity contribution < 1.29 is 14.2 Å². The molecule has 1 unspecified atom stereocenters. The lowest BCUT2D eigenvalue weighted by atomic mass is 9.97. The van der Waals surface area contributed by atoms with Crippen molar-refractivity contribution in [3.05, 3.63) is 0 Å². The highest BCUT2D eigenvalue weighted by Gasteiger charge is 2.35. The zero-order valence-corrected chi connectivity index (χ0v) is 7.66. The van der Waals surface area contributed by atoms with Gasteiger partial charge in [0.2, 0.25) is 0 Å². The minimum absolute atomic E-state index is 0.0554. The molecule has 4 atom stereocenters. The largest absolute Gasteiger partial charge is 0.373 e. The summed E-state index contributed by atoms with van der Waals surface area (Å²) in [4.78, 5) is 0. The maximum atomic E-state index is 5.61. The maximum Gasteiger partial charge on any atom is 0.155 e. The van der Waals surface area contributed by atoms with Gasteiger partial charge in [0, 0.05) is 6.61 Å². The highest BCUT2D eigenvalue weighted by molar-refractivity contribution is 4.80. The first-order chi connectivity index (χ1) is 5.75. The van der Waals surface area contributed by atoms with Crippen LogP contribution in [0.15, 0.2) is 0 Å². The van der Waals surface area contributed by atoms with Crippen molar-refractivity contribution in [3.8, 4) is 0 Å². The van der Waals surface area contributed by atoms with Crippen LogP contribution in [0.4, 0.5) is 0 Å². The van der Waals surface area contributed by atoms with E-state index in [1.807, 2.05) is 6.92 Å². The van der Waals surface area contributed by atoms with Gasteiger partial charge < -0.3 is 14.2 Å². The fraction of sp³-hybridized carbons (Fsp3) is 1.00. The van der Waals surface area contributed by atoms with E-state index in [-0.39, 0.29) is 18.5 Å². The fourth-order valence-electron chi connectivity index (χ4n) is 1.83. The third kappa shape index (κ3) is 1.63. The smallest absolute Gasteiger partial charge is 0.155 e. The molecule has 2 rings (SSSR count). The Labute approximate surface area is 73.0 Å². The van der Waals surface area contributed by atoms with Crippen LogP contribution in [0, 0.1) is 5.92 Å². The van der Waals surface area contributed by atoms with Gasteiger partial charge in [-0.3, -0.25) is 0 Å². The average Bonchev–Trinajstić information content (AvgIpc) is 2.03. The van der Waals surface area contributed by atoms with E-state index < -0.39 is 0 Å². The molecule has 2 aliphatic heterocycles. The molecule has 3 heteroatoms. The Morgan fingerprint density at radius 1 is 1.00 bits per heavy atom. The Morgan fingerprint density at radius 2 is 1.83 bits per heavy atom. The molecule has 0 bridgehead atoms. The molecular formula is C9H16O3. The van der Waals surface area contributed by atoms with Gasteiger partial charge in [-0.15, -0.1) is 0 Å². The number of ether oxygens (including phenoxy) is 3. The summed E-state index contributed by atoms with van der Waals surface area (Å²) < 4.78 is 16.5. The van der Waals surface area contributed by atoms with Gasteiger partial charge in [-0.25, -0.2) is 0 Å². The number of fused-ring (bicyclic) bond motifs is 1. The molecule has 0 aliphatic carbocycles. The van der Waals surface area contributed by atoms with Crippen LogP contribution < -0.4 is 0 Å². The molecule has 0 spiro atoms. The first-order valence-corrected chi connectivity index (χ1v) is 4.64. The molecule has 0 amide bonds. The van der Waals surface area contributed by atoms with E-state index in [0.29, 0.717) is 12.5 Å². The van der Waals surface area contributed by atoms with Crippen LogP contribution >= 0.6 is 0 Å². The molecule has 0 aromatic rings. The monoisotopic (exact) mass is 172 g/mol. The van der Waals surface area contributed by atoms with Crippen LogP contribution in [0.2, 0.25) is 0 Å². The minimum Gasteiger partial charge on any atom is -0.373 e. The Hall–Kier alpha value is -0.120. The second-order valence-corrected chi connectivity index (χ2v) is 3.79. The summed E-state index contributed by atoms with van der Waals surface area (Å²) in [6.07, 6.45) is 1.49. The third-order valence-electron chi connectivity index (χ3n) is 2.51. The van der Waals surface area contributed by atoms with Crippen molar-refractivity contribution in [1.29, 1.82) is 0 Å². The van der Waals surface area contributed by atoms with Gasteiger partial charge in [-0.1, -0.05) is 6.92 Å². The zero-order valence-electron chi connectivity index (χ0n) is 7.66. The molecule has 2 aliphatic rings. The van der Waals surface area contributed by atoms with Crippen LogP contribution in [0.25, 0.3) is 0 Å². The highest BCUT2D eigenvalue weighted by Crippen LogP contribution is 2.26. The molecule has 0 saturated carbocycles. The lowest BCUT2D eigenvalue weighted by molar-refractivity contribution is -0.272. The van der Waals surface area contributed by atoms with Crippen LogP contribution in [0.5, 0.6) is 0 Å². The molecule has 0 N–H and O–H groups in total.